The Hall–Kier alpha value is -3.10. The van der Waals surface area contributed by atoms with Crippen molar-refractivity contribution in [1.29, 1.82) is 0 Å². The minimum absolute atomic E-state index is 0.0660. The Labute approximate surface area is 154 Å². The van der Waals surface area contributed by atoms with Gasteiger partial charge in [0.2, 0.25) is 0 Å². The summed E-state index contributed by atoms with van der Waals surface area (Å²) < 4.78 is 41.2. The SMILES string of the molecule is Cc1cnc(C(=O)Nc2ccc(F)c(C(C)(NC(N)=O)C(F)F)c2)c(C)c1. The Morgan fingerprint density at radius 1 is 1.22 bits per heavy atom. The highest BCUT2D eigenvalue weighted by molar-refractivity contribution is 6.03. The molecule has 27 heavy (non-hydrogen) atoms. The third kappa shape index (κ3) is 4.36. The number of anilines is 1. The number of aryl methyl sites for hydroxylation is 2. The number of benzene rings is 1. The average Bonchev–Trinajstić information content (AvgIpc) is 2.55. The normalized spacial score (nSPS) is 13.1. The van der Waals surface area contributed by atoms with Gasteiger partial charge >= 0.3 is 6.03 Å². The molecule has 1 aromatic carbocycles. The summed E-state index contributed by atoms with van der Waals surface area (Å²) in [5.41, 5.74) is 3.78. The number of amides is 3. The predicted octanol–water partition coefficient (Wildman–Crippen LogP) is 3.24. The maximum atomic E-state index is 14.2. The van der Waals surface area contributed by atoms with Gasteiger partial charge in [0.15, 0.2) is 0 Å². The van der Waals surface area contributed by atoms with Gasteiger partial charge in [0, 0.05) is 17.4 Å². The van der Waals surface area contributed by atoms with Gasteiger partial charge in [0.05, 0.1) is 0 Å². The lowest BCUT2D eigenvalue weighted by Crippen LogP contribution is -2.51. The molecule has 2 rings (SSSR count). The van der Waals surface area contributed by atoms with Crippen molar-refractivity contribution < 1.29 is 22.8 Å². The van der Waals surface area contributed by atoms with E-state index >= 15 is 0 Å². The molecule has 1 aromatic heterocycles. The van der Waals surface area contributed by atoms with Gasteiger partial charge in [-0.1, -0.05) is 6.07 Å². The predicted molar refractivity (Wildman–Crippen MR) is 94.1 cm³/mol. The fraction of sp³-hybridized carbons (Fsp3) is 0.278. The fourth-order valence-electron chi connectivity index (χ4n) is 2.64. The van der Waals surface area contributed by atoms with Crippen LogP contribution in [-0.2, 0) is 5.54 Å². The van der Waals surface area contributed by atoms with Crippen molar-refractivity contribution >= 4 is 17.6 Å². The molecule has 9 heteroatoms. The van der Waals surface area contributed by atoms with E-state index in [0.717, 1.165) is 24.6 Å². The van der Waals surface area contributed by atoms with Crippen molar-refractivity contribution in [3.8, 4) is 0 Å². The molecule has 0 bridgehead atoms. The summed E-state index contributed by atoms with van der Waals surface area (Å²) in [7, 11) is 0. The molecule has 0 saturated carbocycles. The van der Waals surface area contributed by atoms with E-state index in [-0.39, 0.29) is 11.4 Å². The number of carbonyl (C=O) groups excluding carboxylic acids is 2. The third-order valence-electron chi connectivity index (χ3n) is 4.03. The third-order valence-corrected chi connectivity index (χ3v) is 4.03. The second-order valence-corrected chi connectivity index (χ2v) is 6.32. The zero-order valence-corrected chi connectivity index (χ0v) is 14.9. The summed E-state index contributed by atoms with van der Waals surface area (Å²) in [6, 6.07) is 3.70. The van der Waals surface area contributed by atoms with Crippen molar-refractivity contribution in [3.05, 3.63) is 58.7 Å². The number of nitrogens with one attached hydrogen (secondary N) is 2. The lowest BCUT2D eigenvalue weighted by Gasteiger charge is -2.30. The topological polar surface area (TPSA) is 97.1 Å². The second-order valence-electron chi connectivity index (χ2n) is 6.32. The molecule has 0 fully saturated rings. The van der Waals surface area contributed by atoms with Crippen molar-refractivity contribution in [2.75, 3.05) is 5.32 Å². The maximum Gasteiger partial charge on any atom is 0.313 e. The van der Waals surface area contributed by atoms with Crippen molar-refractivity contribution in [3.63, 3.8) is 0 Å². The highest BCUT2D eigenvalue weighted by Gasteiger charge is 2.40. The molecule has 144 valence electrons. The summed E-state index contributed by atoms with van der Waals surface area (Å²) in [5.74, 6) is -1.55. The molecule has 6 nitrogen and oxygen atoms in total. The highest BCUT2D eigenvalue weighted by Crippen LogP contribution is 2.32. The van der Waals surface area contributed by atoms with Crippen molar-refractivity contribution in [1.82, 2.24) is 10.3 Å². The van der Waals surface area contributed by atoms with Gasteiger partial charge < -0.3 is 16.4 Å². The van der Waals surface area contributed by atoms with E-state index in [1.165, 1.54) is 12.3 Å². The first-order valence-corrected chi connectivity index (χ1v) is 7.95. The van der Waals surface area contributed by atoms with E-state index in [4.69, 9.17) is 5.73 Å². The van der Waals surface area contributed by atoms with E-state index in [1.807, 2.05) is 12.2 Å². The van der Waals surface area contributed by atoms with E-state index < -0.39 is 35.3 Å². The average molecular weight is 380 g/mol. The molecule has 0 spiro atoms. The summed E-state index contributed by atoms with van der Waals surface area (Å²) >= 11 is 0. The van der Waals surface area contributed by atoms with Crippen molar-refractivity contribution in [2.45, 2.75) is 32.7 Å². The monoisotopic (exact) mass is 380 g/mol. The van der Waals surface area contributed by atoms with Gasteiger partial charge in [0.1, 0.15) is 17.1 Å². The first kappa shape index (κ1) is 20.2. The molecule has 0 saturated heterocycles. The minimum Gasteiger partial charge on any atom is -0.352 e. The molecule has 0 aliphatic carbocycles. The molecule has 1 heterocycles. The standard InChI is InChI=1S/C18H19F3N4O2/c1-9-6-10(2)14(23-8-9)15(26)24-11-4-5-13(19)12(7-11)18(3,16(20)21)25-17(22)27/h4-8,16H,1-3H3,(H,24,26)(H3,22,25,27). The van der Waals surface area contributed by atoms with Crippen LogP contribution in [0.25, 0.3) is 0 Å². The molecule has 1 atom stereocenters. The number of aromatic nitrogens is 1. The number of carbonyl (C=O) groups is 2. The number of hydrogen-bond donors (Lipinski definition) is 3. The molecule has 2 aromatic rings. The summed E-state index contributed by atoms with van der Waals surface area (Å²) in [5, 5.41) is 4.36. The number of halogens is 3. The first-order chi connectivity index (χ1) is 12.5. The molecule has 0 aliphatic rings. The lowest BCUT2D eigenvalue weighted by molar-refractivity contribution is 0.0433. The number of nitrogens with zero attached hydrogens (tertiary/aromatic N) is 1. The number of urea groups is 1. The van der Waals surface area contributed by atoms with Crippen LogP contribution in [0.3, 0.4) is 0 Å². The number of pyridine rings is 1. The largest absolute Gasteiger partial charge is 0.352 e. The number of nitrogens with two attached hydrogens (primary N) is 1. The van der Waals surface area contributed by atoms with Crippen LogP contribution in [0.2, 0.25) is 0 Å². The van der Waals surface area contributed by atoms with E-state index in [0.29, 0.717) is 5.56 Å². The molecule has 4 N–H and O–H groups in total. The van der Waals surface area contributed by atoms with Crippen LogP contribution in [-0.4, -0.2) is 23.3 Å². The Morgan fingerprint density at radius 3 is 2.44 bits per heavy atom. The Kier molecular flexibility index (Phi) is 5.72. The van der Waals surface area contributed by atoms with E-state index in [1.54, 1.807) is 13.0 Å². The molecular formula is C18H19F3N4O2. The minimum atomic E-state index is -3.15. The van der Waals surface area contributed by atoms with E-state index in [9.17, 15) is 22.8 Å². The maximum absolute atomic E-state index is 14.2. The lowest BCUT2D eigenvalue weighted by atomic mass is 9.91. The van der Waals surface area contributed by atoms with Crippen LogP contribution in [0, 0.1) is 19.7 Å². The molecule has 3 amide bonds. The molecular weight excluding hydrogens is 361 g/mol. The summed E-state index contributed by atoms with van der Waals surface area (Å²) in [6.07, 6.45) is -1.63. The van der Waals surface area contributed by atoms with Gasteiger partial charge in [-0.05, 0) is 50.1 Å². The Balaban J connectivity index is 2.39. The Bertz CT molecular complexity index is 889. The molecule has 0 aliphatic heterocycles. The van der Waals surface area contributed by atoms with Crippen LogP contribution in [0.5, 0.6) is 0 Å². The fourth-order valence-corrected chi connectivity index (χ4v) is 2.64. The summed E-state index contributed by atoms with van der Waals surface area (Å²) in [4.78, 5) is 27.5. The van der Waals surface area contributed by atoms with Crippen LogP contribution in [0.15, 0.2) is 30.5 Å². The van der Waals surface area contributed by atoms with Gasteiger partial charge in [-0.15, -0.1) is 0 Å². The van der Waals surface area contributed by atoms with Gasteiger partial charge in [-0.3, -0.25) is 9.78 Å². The number of alkyl halides is 2. The smallest absolute Gasteiger partial charge is 0.313 e. The number of hydrogen-bond acceptors (Lipinski definition) is 3. The van der Waals surface area contributed by atoms with Crippen LogP contribution in [0.4, 0.5) is 23.7 Å². The van der Waals surface area contributed by atoms with Gasteiger partial charge in [0.25, 0.3) is 12.3 Å². The zero-order chi connectivity index (χ0) is 20.4. The Morgan fingerprint density at radius 2 is 1.89 bits per heavy atom. The zero-order valence-electron chi connectivity index (χ0n) is 14.9. The molecule has 0 radical (unpaired) electrons. The van der Waals surface area contributed by atoms with Crippen LogP contribution in [0.1, 0.15) is 34.1 Å². The van der Waals surface area contributed by atoms with Crippen LogP contribution >= 0.6 is 0 Å². The number of primary amides is 1. The number of rotatable bonds is 5. The highest BCUT2D eigenvalue weighted by atomic mass is 19.3. The van der Waals surface area contributed by atoms with Gasteiger partial charge in [-0.25, -0.2) is 18.0 Å². The van der Waals surface area contributed by atoms with Crippen molar-refractivity contribution in [2.24, 2.45) is 5.73 Å². The quantitative estimate of drug-likeness (QED) is 0.743. The van der Waals surface area contributed by atoms with Crippen LogP contribution < -0.4 is 16.4 Å². The van der Waals surface area contributed by atoms with Gasteiger partial charge in [-0.2, -0.15) is 0 Å². The van der Waals surface area contributed by atoms with E-state index in [2.05, 4.69) is 10.3 Å². The molecule has 1 unspecified atom stereocenters. The second kappa shape index (κ2) is 7.65. The summed E-state index contributed by atoms with van der Waals surface area (Å²) in [6.45, 7) is 4.47. The first-order valence-electron chi connectivity index (χ1n) is 7.95.